The van der Waals surface area contributed by atoms with E-state index in [1.54, 1.807) is 4.90 Å². The molecule has 0 spiro atoms. The number of amides is 1. The standard InChI is InChI=1S/C11H15BrN2O2/c1-11(2,3)16-10(15)14-8-6-13(5-4-12)7-9-14/h1-3H,4-9H2. The molecule has 16 heavy (non-hydrogen) atoms. The van der Waals surface area contributed by atoms with Gasteiger partial charge in [0.25, 0.3) is 0 Å². The van der Waals surface area contributed by atoms with Crippen LogP contribution in [-0.4, -0.2) is 59.5 Å². The highest BCUT2D eigenvalue weighted by molar-refractivity contribution is 9.09. The van der Waals surface area contributed by atoms with E-state index in [9.17, 15) is 4.79 Å². The van der Waals surface area contributed by atoms with Crippen LogP contribution in [0.4, 0.5) is 4.79 Å². The summed E-state index contributed by atoms with van der Waals surface area (Å²) in [4.78, 5) is 15.3. The molecule has 1 aliphatic rings. The third-order valence-corrected chi connectivity index (χ3v) is 2.65. The lowest BCUT2D eigenvalue weighted by Gasteiger charge is -2.35. The van der Waals surface area contributed by atoms with Crippen molar-refractivity contribution in [2.24, 2.45) is 0 Å². The Morgan fingerprint density at radius 3 is 2.25 bits per heavy atom. The lowest BCUT2D eigenvalue weighted by Crippen LogP contribution is -2.50. The van der Waals surface area contributed by atoms with Crippen molar-refractivity contribution >= 4 is 22.0 Å². The molecule has 0 aromatic heterocycles. The molecule has 0 unspecified atom stereocenters. The lowest BCUT2D eigenvalue weighted by atomic mass is 10.2. The van der Waals surface area contributed by atoms with Gasteiger partial charge < -0.3 is 9.64 Å². The predicted octanol–water partition coefficient (Wildman–Crippen LogP) is 1.01. The number of nitrogens with zero attached hydrogens (tertiary/aromatic N) is 2. The first-order valence-electron chi connectivity index (χ1n) is 5.05. The zero-order chi connectivity index (χ0) is 12.2. The first-order chi connectivity index (χ1) is 7.42. The molecule has 5 heteroatoms. The lowest BCUT2D eigenvalue weighted by molar-refractivity contribution is 0.0480. The van der Waals surface area contributed by atoms with Crippen molar-refractivity contribution in [3.63, 3.8) is 0 Å². The highest BCUT2D eigenvalue weighted by atomic mass is 79.9. The Balaban J connectivity index is 2.33. The maximum atomic E-state index is 11.5. The van der Waals surface area contributed by atoms with Gasteiger partial charge in [0.2, 0.25) is 0 Å². The molecular formula is C11H15BrN2O2. The van der Waals surface area contributed by atoms with E-state index >= 15 is 0 Å². The van der Waals surface area contributed by atoms with Crippen LogP contribution in [0, 0.1) is 20.8 Å². The monoisotopic (exact) mass is 286 g/mol. The summed E-state index contributed by atoms with van der Waals surface area (Å²) in [7, 11) is 0. The van der Waals surface area contributed by atoms with Crippen LogP contribution in [0.15, 0.2) is 0 Å². The van der Waals surface area contributed by atoms with Gasteiger partial charge in [0.15, 0.2) is 0 Å². The molecule has 4 nitrogen and oxygen atoms in total. The average molecular weight is 287 g/mol. The van der Waals surface area contributed by atoms with Gasteiger partial charge in [-0.1, -0.05) is 15.9 Å². The van der Waals surface area contributed by atoms with Crippen LogP contribution in [-0.2, 0) is 4.74 Å². The summed E-state index contributed by atoms with van der Waals surface area (Å²) in [5.41, 5.74) is -1.90. The number of piperazine rings is 1. The van der Waals surface area contributed by atoms with E-state index in [0.29, 0.717) is 13.1 Å². The summed E-state index contributed by atoms with van der Waals surface area (Å²) in [5, 5.41) is 0.926. The van der Waals surface area contributed by atoms with Crippen molar-refractivity contribution in [3.05, 3.63) is 20.8 Å². The van der Waals surface area contributed by atoms with Crippen LogP contribution < -0.4 is 0 Å². The first kappa shape index (κ1) is 13.8. The SMILES string of the molecule is [CH]C([CH])([CH])OC(=O)N1CCN(CCBr)CC1. The van der Waals surface area contributed by atoms with E-state index in [2.05, 4.69) is 25.6 Å². The maximum absolute atomic E-state index is 11.5. The van der Waals surface area contributed by atoms with E-state index in [4.69, 9.17) is 20.8 Å². The van der Waals surface area contributed by atoms with E-state index in [-0.39, 0.29) is 0 Å². The number of carbonyl (C=O) groups excluding carboxylic acids is 1. The summed E-state index contributed by atoms with van der Waals surface area (Å²) in [6.45, 7) is 19.4. The fourth-order valence-electron chi connectivity index (χ4n) is 1.49. The molecule has 0 saturated carbocycles. The molecule has 0 aromatic rings. The number of halogens is 1. The third kappa shape index (κ3) is 4.70. The molecule has 6 radical (unpaired) electrons. The number of rotatable bonds is 3. The van der Waals surface area contributed by atoms with Crippen molar-refractivity contribution in [1.82, 2.24) is 9.80 Å². The van der Waals surface area contributed by atoms with Gasteiger partial charge in [-0.3, -0.25) is 4.90 Å². The largest absolute Gasteiger partial charge is 0.442 e. The molecule has 88 valence electrons. The van der Waals surface area contributed by atoms with Gasteiger partial charge in [-0.15, -0.1) is 0 Å². The summed E-state index contributed by atoms with van der Waals surface area (Å²) in [6, 6.07) is 0. The summed E-state index contributed by atoms with van der Waals surface area (Å²) >= 11 is 3.37. The van der Waals surface area contributed by atoms with Gasteiger partial charge in [-0.05, 0) is 0 Å². The molecule has 1 saturated heterocycles. The molecule has 1 rings (SSSR count). The van der Waals surface area contributed by atoms with Crippen LogP contribution in [0.25, 0.3) is 0 Å². The average Bonchev–Trinajstić information content (AvgIpc) is 2.16. The minimum Gasteiger partial charge on any atom is -0.442 e. The van der Waals surface area contributed by atoms with Gasteiger partial charge in [0.05, 0.1) is 0 Å². The minimum absolute atomic E-state index is 0.564. The van der Waals surface area contributed by atoms with Crippen LogP contribution in [0.5, 0.6) is 0 Å². The first-order valence-corrected chi connectivity index (χ1v) is 6.17. The second-order valence-electron chi connectivity index (χ2n) is 3.74. The predicted molar refractivity (Wildman–Crippen MR) is 63.9 cm³/mol. The van der Waals surface area contributed by atoms with Crippen molar-refractivity contribution in [3.8, 4) is 0 Å². The number of hydrogen-bond acceptors (Lipinski definition) is 3. The molecule has 0 bridgehead atoms. The van der Waals surface area contributed by atoms with Gasteiger partial charge >= 0.3 is 6.09 Å². The molecule has 1 amide bonds. The number of hydrogen-bond donors (Lipinski definition) is 0. The topological polar surface area (TPSA) is 32.8 Å². The second kappa shape index (κ2) is 5.87. The van der Waals surface area contributed by atoms with Gasteiger partial charge in [0.1, 0.15) is 5.60 Å². The number of ether oxygens (including phenoxy) is 1. The van der Waals surface area contributed by atoms with Crippen LogP contribution >= 0.6 is 15.9 Å². The molecule has 0 atom stereocenters. The highest BCUT2D eigenvalue weighted by Gasteiger charge is 2.25. The van der Waals surface area contributed by atoms with Gasteiger partial charge in [-0.25, -0.2) is 4.79 Å². The Bertz CT molecular complexity index is 233. The normalized spacial score (nSPS) is 18.6. The van der Waals surface area contributed by atoms with Crippen LogP contribution in [0.3, 0.4) is 0 Å². The molecule has 0 aromatic carbocycles. The van der Waals surface area contributed by atoms with E-state index in [1.165, 1.54) is 0 Å². The van der Waals surface area contributed by atoms with Crippen molar-refractivity contribution < 1.29 is 9.53 Å². The van der Waals surface area contributed by atoms with Crippen LogP contribution in [0.1, 0.15) is 0 Å². The molecule has 0 aliphatic carbocycles. The van der Waals surface area contributed by atoms with E-state index in [0.717, 1.165) is 25.0 Å². The molecular weight excluding hydrogens is 272 g/mol. The van der Waals surface area contributed by atoms with E-state index < -0.39 is 11.7 Å². The van der Waals surface area contributed by atoms with Gasteiger partial charge in [0, 0.05) is 58.8 Å². The Hall–Kier alpha value is -0.290. The Kier molecular flexibility index (Phi) is 5.05. The fourth-order valence-corrected chi connectivity index (χ4v) is 1.99. The summed E-state index contributed by atoms with van der Waals surface area (Å²) in [6.07, 6.45) is -0.564. The smallest absolute Gasteiger partial charge is 0.410 e. The highest BCUT2D eigenvalue weighted by Crippen LogP contribution is 2.10. The van der Waals surface area contributed by atoms with Crippen molar-refractivity contribution in [2.75, 3.05) is 38.1 Å². The zero-order valence-electron chi connectivity index (χ0n) is 9.06. The third-order valence-electron chi connectivity index (χ3n) is 2.30. The van der Waals surface area contributed by atoms with Crippen molar-refractivity contribution in [1.29, 1.82) is 0 Å². The van der Waals surface area contributed by atoms with Crippen LogP contribution in [0.2, 0.25) is 0 Å². The maximum Gasteiger partial charge on any atom is 0.410 e. The molecule has 0 N–H and O–H groups in total. The van der Waals surface area contributed by atoms with E-state index in [1.807, 2.05) is 0 Å². The van der Waals surface area contributed by atoms with Crippen molar-refractivity contribution in [2.45, 2.75) is 5.60 Å². The number of carbonyl (C=O) groups is 1. The summed E-state index contributed by atoms with van der Waals surface area (Å²) < 4.78 is 4.66. The summed E-state index contributed by atoms with van der Waals surface area (Å²) in [5.74, 6) is 0. The minimum atomic E-state index is -1.90. The Morgan fingerprint density at radius 1 is 1.25 bits per heavy atom. The molecule has 1 fully saturated rings. The Morgan fingerprint density at radius 2 is 1.81 bits per heavy atom. The molecule has 1 heterocycles. The second-order valence-corrected chi connectivity index (χ2v) is 4.53. The molecule has 1 aliphatic heterocycles. The fraction of sp³-hybridized carbons (Fsp3) is 0.636. The van der Waals surface area contributed by atoms with Gasteiger partial charge in [-0.2, -0.15) is 0 Å². The quantitative estimate of drug-likeness (QED) is 0.726. The number of alkyl halides is 1. The Labute approximate surface area is 106 Å². The zero-order valence-corrected chi connectivity index (χ0v) is 10.6.